The molecule has 0 heterocycles. The average Bonchev–Trinajstić information content (AvgIpc) is 2.55. The van der Waals surface area contributed by atoms with Gasteiger partial charge in [-0.05, 0) is 75.0 Å². The molecule has 0 amide bonds. The molecule has 132 valence electrons. The Hall–Kier alpha value is -1.92. The molecule has 0 bridgehead atoms. The van der Waals surface area contributed by atoms with Crippen LogP contribution < -0.4 is 9.47 Å². The van der Waals surface area contributed by atoms with Crippen LogP contribution >= 0.6 is 24.0 Å². The van der Waals surface area contributed by atoms with E-state index in [1.807, 2.05) is 32.9 Å². The fourth-order valence-electron chi connectivity index (χ4n) is 1.68. The smallest absolute Gasteiger partial charge is 0.316 e. The highest BCUT2D eigenvalue weighted by molar-refractivity contribution is 8.22. The molecule has 0 aliphatic carbocycles. The van der Waals surface area contributed by atoms with Crippen molar-refractivity contribution in [1.82, 2.24) is 0 Å². The van der Waals surface area contributed by atoms with Crippen LogP contribution in [0.25, 0.3) is 0 Å². The number of halogens is 1. The number of hydrogen-bond donors (Lipinski definition) is 0. The predicted molar refractivity (Wildman–Crippen MR) is 102 cm³/mol. The van der Waals surface area contributed by atoms with Crippen molar-refractivity contribution >= 4 is 34.3 Å². The van der Waals surface area contributed by atoms with Crippen molar-refractivity contribution in [2.24, 2.45) is 5.41 Å². The van der Waals surface area contributed by atoms with Gasteiger partial charge in [-0.1, -0.05) is 23.9 Å². The fraction of sp³-hybridized carbons (Fsp3) is 0.263. The van der Waals surface area contributed by atoms with E-state index in [-0.39, 0.29) is 11.8 Å². The molecular formula is C19H19FO3S2. The van der Waals surface area contributed by atoms with Crippen molar-refractivity contribution in [2.45, 2.75) is 26.5 Å². The molecule has 0 aliphatic heterocycles. The summed E-state index contributed by atoms with van der Waals surface area (Å²) in [5.41, 5.74) is 0.476. The Kier molecular flexibility index (Phi) is 6.56. The quantitative estimate of drug-likeness (QED) is 0.406. The molecule has 0 radical (unpaired) electrons. The third-order valence-corrected chi connectivity index (χ3v) is 4.35. The van der Waals surface area contributed by atoms with Crippen LogP contribution in [0.4, 0.5) is 4.39 Å². The molecule has 0 saturated carbocycles. The van der Waals surface area contributed by atoms with Gasteiger partial charge >= 0.3 is 5.97 Å². The normalized spacial score (nSPS) is 11.0. The van der Waals surface area contributed by atoms with Gasteiger partial charge in [0.1, 0.15) is 17.3 Å². The third-order valence-electron chi connectivity index (χ3n) is 3.12. The predicted octanol–water partition coefficient (Wildman–Crippen LogP) is 5.37. The molecule has 0 unspecified atom stereocenters. The molecule has 0 N–H and O–H groups in total. The van der Waals surface area contributed by atoms with E-state index in [1.54, 1.807) is 12.1 Å². The number of carbonyl (C=O) groups is 1. The Bertz CT molecular complexity index is 735. The van der Waals surface area contributed by atoms with Crippen LogP contribution in [0.3, 0.4) is 0 Å². The van der Waals surface area contributed by atoms with Crippen molar-refractivity contribution in [3.63, 3.8) is 0 Å². The lowest BCUT2D eigenvalue weighted by Crippen LogP contribution is -2.25. The summed E-state index contributed by atoms with van der Waals surface area (Å²) in [5.74, 6) is 1.04. The van der Waals surface area contributed by atoms with Crippen molar-refractivity contribution < 1.29 is 18.7 Å². The Morgan fingerprint density at radius 1 is 1.00 bits per heavy atom. The van der Waals surface area contributed by atoms with Crippen molar-refractivity contribution in [1.29, 1.82) is 0 Å². The van der Waals surface area contributed by atoms with E-state index in [9.17, 15) is 9.18 Å². The molecule has 6 heteroatoms. The summed E-state index contributed by atoms with van der Waals surface area (Å²) in [6.07, 6.45) is 0. The van der Waals surface area contributed by atoms with Gasteiger partial charge in [-0.2, -0.15) is 0 Å². The van der Waals surface area contributed by atoms with Crippen LogP contribution in [-0.2, 0) is 10.5 Å². The summed E-state index contributed by atoms with van der Waals surface area (Å²) in [7, 11) is 0. The summed E-state index contributed by atoms with van der Waals surface area (Å²) in [4.78, 5) is 11.8. The van der Waals surface area contributed by atoms with Gasteiger partial charge in [-0.15, -0.1) is 0 Å². The zero-order valence-electron chi connectivity index (χ0n) is 14.2. The van der Waals surface area contributed by atoms with E-state index in [0.717, 1.165) is 5.56 Å². The second kappa shape index (κ2) is 8.45. The summed E-state index contributed by atoms with van der Waals surface area (Å²) >= 11 is 6.53. The summed E-state index contributed by atoms with van der Waals surface area (Å²) in [6, 6.07) is 13.0. The molecule has 0 fully saturated rings. The number of carbonyl (C=O) groups excluding carboxylic acids is 1. The van der Waals surface area contributed by atoms with Crippen LogP contribution in [0.5, 0.6) is 11.5 Å². The molecule has 2 aromatic carbocycles. The molecule has 2 aromatic rings. The number of benzene rings is 2. The van der Waals surface area contributed by atoms with Crippen LogP contribution in [0.1, 0.15) is 26.3 Å². The first kappa shape index (κ1) is 19.4. The molecule has 0 aromatic heterocycles. The second-order valence-electron chi connectivity index (χ2n) is 6.38. The van der Waals surface area contributed by atoms with Crippen molar-refractivity contribution in [3.8, 4) is 11.5 Å². The monoisotopic (exact) mass is 378 g/mol. The van der Waals surface area contributed by atoms with Crippen molar-refractivity contribution in [2.75, 3.05) is 0 Å². The third kappa shape index (κ3) is 6.48. The van der Waals surface area contributed by atoms with Gasteiger partial charge in [0.2, 0.25) is 4.38 Å². The number of thioether (sulfide) groups is 1. The number of esters is 1. The van der Waals surface area contributed by atoms with Crippen LogP contribution in [0.15, 0.2) is 48.5 Å². The summed E-state index contributed by atoms with van der Waals surface area (Å²) in [5, 5.41) is 0. The van der Waals surface area contributed by atoms with Gasteiger partial charge < -0.3 is 9.47 Å². The SMILES string of the molecule is CC(C)(C)C(=O)Oc1ccc(CSC(=S)Oc2ccc(F)cc2)cc1. The minimum atomic E-state index is -0.543. The van der Waals surface area contributed by atoms with Gasteiger partial charge in [0.25, 0.3) is 0 Å². The molecule has 0 atom stereocenters. The molecule has 0 saturated heterocycles. The maximum absolute atomic E-state index is 12.8. The Morgan fingerprint density at radius 2 is 1.52 bits per heavy atom. The van der Waals surface area contributed by atoms with E-state index in [2.05, 4.69) is 0 Å². The minimum Gasteiger partial charge on any atom is -0.440 e. The van der Waals surface area contributed by atoms with E-state index >= 15 is 0 Å². The van der Waals surface area contributed by atoms with Crippen molar-refractivity contribution in [3.05, 3.63) is 59.9 Å². The molecule has 0 aliphatic rings. The molecule has 25 heavy (non-hydrogen) atoms. The number of rotatable bonds is 4. The summed E-state index contributed by atoms with van der Waals surface area (Å²) < 4.78 is 24.0. The molecule has 3 nitrogen and oxygen atoms in total. The zero-order valence-corrected chi connectivity index (χ0v) is 15.9. The highest BCUT2D eigenvalue weighted by Gasteiger charge is 2.23. The first-order chi connectivity index (χ1) is 11.7. The van der Waals surface area contributed by atoms with Crippen LogP contribution in [-0.4, -0.2) is 10.4 Å². The maximum atomic E-state index is 12.8. The van der Waals surface area contributed by atoms with Gasteiger partial charge in [0.15, 0.2) is 0 Å². The lowest BCUT2D eigenvalue weighted by atomic mass is 9.97. The van der Waals surface area contributed by atoms with Crippen LogP contribution in [0.2, 0.25) is 0 Å². The van der Waals surface area contributed by atoms with Gasteiger partial charge in [0, 0.05) is 5.75 Å². The Morgan fingerprint density at radius 3 is 2.08 bits per heavy atom. The Balaban J connectivity index is 1.83. The lowest BCUT2D eigenvalue weighted by Gasteiger charge is -2.16. The van der Waals surface area contributed by atoms with E-state index in [4.69, 9.17) is 21.7 Å². The van der Waals surface area contributed by atoms with E-state index in [1.165, 1.54) is 36.0 Å². The van der Waals surface area contributed by atoms with Gasteiger partial charge in [0.05, 0.1) is 5.41 Å². The second-order valence-corrected chi connectivity index (χ2v) is 7.96. The van der Waals surface area contributed by atoms with E-state index < -0.39 is 5.41 Å². The molecule has 2 rings (SSSR count). The number of hydrogen-bond acceptors (Lipinski definition) is 5. The highest BCUT2D eigenvalue weighted by Crippen LogP contribution is 2.22. The van der Waals surface area contributed by atoms with E-state index in [0.29, 0.717) is 21.6 Å². The number of ether oxygens (including phenoxy) is 2. The minimum absolute atomic E-state index is 0.275. The fourth-order valence-corrected chi connectivity index (χ4v) is 2.59. The number of thiocarbonyl (C=S) groups is 1. The molecule has 0 spiro atoms. The molecular weight excluding hydrogens is 359 g/mol. The largest absolute Gasteiger partial charge is 0.440 e. The summed E-state index contributed by atoms with van der Waals surface area (Å²) in [6.45, 7) is 5.42. The standard InChI is InChI=1S/C19H19FO3S2/c1-19(2,3)17(21)22-15-8-4-13(5-9-15)12-25-18(24)23-16-10-6-14(20)7-11-16/h4-11H,12H2,1-3H3. The topological polar surface area (TPSA) is 35.5 Å². The maximum Gasteiger partial charge on any atom is 0.316 e. The first-order valence-electron chi connectivity index (χ1n) is 7.65. The zero-order chi connectivity index (χ0) is 18.4. The highest BCUT2D eigenvalue weighted by atomic mass is 32.2. The van der Waals surface area contributed by atoms with Gasteiger partial charge in [-0.3, -0.25) is 4.79 Å². The average molecular weight is 378 g/mol. The first-order valence-corrected chi connectivity index (χ1v) is 9.05. The lowest BCUT2D eigenvalue weighted by molar-refractivity contribution is -0.142. The van der Waals surface area contributed by atoms with Crippen LogP contribution in [0, 0.1) is 11.2 Å². The van der Waals surface area contributed by atoms with Gasteiger partial charge in [-0.25, -0.2) is 4.39 Å². The Labute approximate surface area is 156 Å².